The van der Waals surface area contributed by atoms with Gasteiger partial charge in [0.25, 0.3) is 10.0 Å². The number of halogens is 1. The number of pyridine rings is 1. The van der Waals surface area contributed by atoms with Crippen molar-refractivity contribution >= 4 is 32.6 Å². The molecule has 3 heterocycles. The van der Waals surface area contributed by atoms with Gasteiger partial charge in [-0.15, -0.1) is 0 Å². The van der Waals surface area contributed by atoms with E-state index >= 15 is 0 Å². The summed E-state index contributed by atoms with van der Waals surface area (Å²) in [5, 5.41) is 11.0. The van der Waals surface area contributed by atoms with E-state index in [0.29, 0.717) is 23.6 Å². The first-order chi connectivity index (χ1) is 15.7. The predicted molar refractivity (Wildman–Crippen MR) is 124 cm³/mol. The van der Waals surface area contributed by atoms with Crippen LogP contribution in [0, 0.1) is 12.7 Å². The number of nitrogens with zero attached hydrogens (tertiary/aromatic N) is 5. The van der Waals surface area contributed by atoms with Crippen LogP contribution in [0.4, 0.5) is 15.9 Å². The van der Waals surface area contributed by atoms with E-state index in [1.807, 2.05) is 25.9 Å². The zero-order valence-electron chi connectivity index (χ0n) is 18.3. The van der Waals surface area contributed by atoms with E-state index in [1.165, 1.54) is 30.5 Å². The van der Waals surface area contributed by atoms with E-state index in [4.69, 9.17) is 0 Å². The van der Waals surface area contributed by atoms with E-state index in [1.54, 1.807) is 12.1 Å². The zero-order valence-corrected chi connectivity index (χ0v) is 19.1. The number of aromatic amines is 1. The third-order valence-corrected chi connectivity index (χ3v) is 6.11. The molecule has 12 heteroatoms. The molecule has 1 aromatic carbocycles. The summed E-state index contributed by atoms with van der Waals surface area (Å²) in [6, 6.07) is 8.51. The second kappa shape index (κ2) is 9.08. The van der Waals surface area contributed by atoms with Crippen LogP contribution in [0.2, 0.25) is 0 Å². The highest BCUT2D eigenvalue weighted by molar-refractivity contribution is 7.92. The molecule has 172 valence electrons. The monoisotopic (exact) mass is 470 g/mol. The Morgan fingerprint density at radius 2 is 1.97 bits per heavy atom. The van der Waals surface area contributed by atoms with E-state index in [-0.39, 0.29) is 16.5 Å². The van der Waals surface area contributed by atoms with Gasteiger partial charge in [0.2, 0.25) is 0 Å². The van der Waals surface area contributed by atoms with Crippen molar-refractivity contribution in [1.82, 2.24) is 30.0 Å². The van der Waals surface area contributed by atoms with Gasteiger partial charge in [-0.05, 0) is 51.4 Å². The normalized spacial score (nSPS) is 11.8. The average molecular weight is 471 g/mol. The lowest BCUT2D eigenvalue weighted by Crippen LogP contribution is -2.21. The Morgan fingerprint density at radius 1 is 1.15 bits per heavy atom. The third kappa shape index (κ3) is 4.91. The minimum absolute atomic E-state index is 0.203. The molecular formula is C21H23FN8O2S. The summed E-state index contributed by atoms with van der Waals surface area (Å²) >= 11 is 0. The fraction of sp³-hybridized carbons (Fsp3) is 0.238. The highest BCUT2D eigenvalue weighted by atomic mass is 32.2. The van der Waals surface area contributed by atoms with Crippen molar-refractivity contribution in [2.75, 3.05) is 37.2 Å². The zero-order chi connectivity index (χ0) is 23.6. The largest absolute Gasteiger partial charge is 0.368 e. The minimum Gasteiger partial charge on any atom is -0.368 e. The number of aryl methyl sites for hydroxylation is 1. The number of sulfonamides is 1. The Labute approximate surface area is 190 Å². The molecule has 3 N–H and O–H groups in total. The predicted octanol–water partition coefficient (Wildman–Crippen LogP) is 2.64. The summed E-state index contributed by atoms with van der Waals surface area (Å²) in [6.07, 6.45) is 1.35. The molecule has 0 saturated carbocycles. The topological polar surface area (TPSA) is 129 Å². The van der Waals surface area contributed by atoms with Crippen LogP contribution < -0.4 is 10.0 Å². The number of hydrogen-bond acceptors (Lipinski definition) is 8. The number of anilines is 2. The quantitative estimate of drug-likeness (QED) is 0.358. The maximum atomic E-state index is 14.8. The first kappa shape index (κ1) is 22.6. The molecule has 0 aliphatic heterocycles. The molecule has 0 unspecified atom stereocenters. The number of nitrogens with one attached hydrogen (secondary N) is 3. The van der Waals surface area contributed by atoms with Gasteiger partial charge in [-0.3, -0.25) is 9.82 Å². The van der Waals surface area contributed by atoms with Gasteiger partial charge < -0.3 is 10.2 Å². The Hall–Kier alpha value is -3.64. The van der Waals surface area contributed by atoms with Crippen molar-refractivity contribution in [3.8, 4) is 11.4 Å². The van der Waals surface area contributed by atoms with Gasteiger partial charge in [-0.1, -0.05) is 6.07 Å². The number of fused-ring (bicyclic) bond motifs is 1. The molecular weight excluding hydrogens is 447 g/mol. The summed E-state index contributed by atoms with van der Waals surface area (Å²) in [5.41, 5.74) is 1.44. The van der Waals surface area contributed by atoms with Gasteiger partial charge in [0.15, 0.2) is 16.5 Å². The molecule has 0 bridgehead atoms. The SMILES string of the molecule is Cc1[nH]nc2nc(-c3ccc(NS(=O)(=O)c4ccccn4)c(F)c3)nc(NCCN(C)C)c12. The summed E-state index contributed by atoms with van der Waals surface area (Å²) in [4.78, 5) is 14.9. The Bertz CT molecular complexity index is 1390. The van der Waals surface area contributed by atoms with Crippen molar-refractivity contribution in [2.24, 2.45) is 0 Å². The molecule has 4 aromatic rings. The number of likely N-dealkylation sites (N-methyl/N-ethyl adjacent to an activating group) is 1. The second-order valence-electron chi connectivity index (χ2n) is 7.64. The summed E-state index contributed by atoms with van der Waals surface area (Å²) in [6.45, 7) is 3.31. The molecule has 0 aliphatic carbocycles. The van der Waals surface area contributed by atoms with Crippen LogP contribution in [0.1, 0.15) is 5.69 Å². The highest BCUT2D eigenvalue weighted by Crippen LogP contribution is 2.28. The van der Waals surface area contributed by atoms with Crippen molar-refractivity contribution in [2.45, 2.75) is 11.9 Å². The van der Waals surface area contributed by atoms with Crippen LogP contribution in [0.5, 0.6) is 0 Å². The van der Waals surface area contributed by atoms with E-state index < -0.39 is 15.8 Å². The lowest BCUT2D eigenvalue weighted by molar-refractivity contribution is 0.425. The Kier molecular flexibility index (Phi) is 6.20. The van der Waals surface area contributed by atoms with Gasteiger partial charge in [0.05, 0.1) is 11.1 Å². The Balaban J connectivity index is 1.65. The smallest absolute Gasteiger partial charge is 0.279 e. The van der Waals surface area contributed by atoms with Crippen molar-refractivity contribution in [3.05, 3.63) is 54.1 Å². The van der Waals surface area contributed by atoms with Crippen molar-refractivity contribution < 1.29 is 12.8 Å². The van der Waals surface area contributed by atoms with Gasteiger partial charge >= 0.3 is 0 Å². The van der Waals surface area contributed by atoms with Crippen molar-refractivity contribution in [3.63, 3.8) is 0 Å². The molecule has 4 rings (SSSR count). The first-order valence-corrected chi connectivity index (χ1v) is 11.6. The molecule has 0 saturated heterocycles. The van der Waals surface area contributed by atoms with E-state index in [0.717, 1.165) is 17.6 Å². The number of H-pyrrole nitrogens is 1. The lowest BCUT2D eigenvalue weighted by Gasteiger charge is -2.13. The van der Waals surface area contributed by atoms with Gasteiger partial charge in [-0.2, -0.15) is 13.5 Å². The average Bonchev–Trinajstić information content (AvgIpc) is 3.16. The Morgan fingerprint density at radius 3 is 2.67 bits per heavy atom. The number of hydrogen-bond donors (Lipinski definition) is 3. The van der Waals surface area contributed by atoms with Crippen LogP contribution in [-0.4, -0.2) is 65.7 Å². The van der Waals surface area contributed by atoms with Crippen LogP contribution in [0.3, 0.4) is 0 Å². The summed E-state index contributed by atoms with van der Waals surface area (Å²) in [7, 11) is -0.0830. The molecule has 0 amide bonds. The highest BCUT2D eigenvalue weighted by Gasteiger charge is 2.19. The first-order valence-electron chi connectivity index (χ1n) is 10.1. The van der Waals surface area contributed by atoms with Crippen LogP contribution in [-0.2, 0) is 10.0 Å². The van der Waals surface area contributed by atoms with Gasteiger partial charge in [-0.25, -0.2) is 19.3 Å². The van der Waals surface area contributed by atoms with Crippen LogP contribution in [0.15, 0.2) is 47.6 Å². The lowest BCUT2D eigenvalue weighted by atomic mass is 10.2. The minimum atomic E-state index is -4.02. The third-order valence-electron chi connectivity index (χ3n) is 4.83. The molecule has 0 spiro atoms. The fourth-order valence-corrected chi connectivity index (χ4v) is 4.18. The molecule has 3 aromatic heterocycles. The molecule has 10 nitrogen and oxygen atoms in total. The molecule has 0 radical (unpaired) electrons. The van der Waals surface area contributed by atoms with E-state index in [9.17, 15) is 12.8 Å². The van der Waals surface area contributed by atoms with Crippen molar-refractivity contribution in [1.29, 1.82) is 0 Å². The number of benzene rings is 1. The van der Waals surface area contributed by atoms with Crippen LogP contribution >= 0.6 is 0 Å². The summed E-state index contributed by atoms with van der Waals surface area (Å²) < 4.78 is 42.0. The number of aromatic nitrogens is 5. The maximum Gasteiger partial charge on any atom is 0.279 e. The van der Waals surface area contributed by atoms with Gasteiger partial charge in [0, 0.05) is 30.5 Å². The second-order valence-corrected chi connectivity index (χ2v) is 9.27. The molecule has 33 heavy (non-hydrogen) atoms. The van der Waals surface area contributed by atoms with Crippen LogP contribution in [0.25, 0.3) is 22.4 Å². The number of rotatable bonds is 8. The molecule has 0 fully saturated rings. The fourth-order valence-electron chi connectivity index (χ4n) is 3.16. The van der Waals surface area contributed by atoms with E-state index in [2.05, 4.69) is 35.2 Å². The van der Waals surface area contributed by atoms with Gasteiger partial charge in [0.1, 0.15) is 11.6 Å². The standard InChI is InChI=1S/C21H23FN8O2S/c1-13-18-20(24-10-11-30(2)3)25-19(26-21(18)28-27-13)14-7-8-16(15(22)12-14)29-33(31,32)17-6-4-5-9-23-17/h4-9,12,29H,10-11H2,1-3H3,(H2,24,25,26,27,28). The summed E-state index contributed by atoms with van der Waals surface area (Å²) in [5.74, 6) is 0.0823. The molecule has 0 aliphatic rings. The molecule has 0 atom stereocenters. The maximum absolute atomic E-state index is 14.8.